The second-order valence-electron chi connectivity index (χ2n) is 7.55. The van der Waals surface area contributed by atoms with Crippen molar-refractivity contribution in [3.63, 3.8) is 0 Å². The lowest BCUT2D eigenvalue weighted by molar-refractivity contribution is 0.0191. The van der Waals surface area contributed by atoms with Crippen LogP contribution in [0.5, 0.6) is 5.75 Å². The second-order valence-corrected chi connectivity index (χ2v) is 7.55. The first-order valence-electron chi connectivity index (χ1n) is 9.74. The summed E-state index contributed by atoms with van der Waals surface area (Å²) >= 11 is 0. The van der Waals surface area contributed by atoms with Crippen molar-refractivity contribution in [2.75, 3.05) is 38.7 Å². The molecule has 3 heterocycles. The molecule has 2 aliphatic heterocycles. The van der Waals surface area contributed by atoms with Gasteiger partial charge in [-0.15, -0.1) is 0 Å². The van der Waals surface area contributed by atoms with Crippen LogP contribution in [0.25, 0.3) is 0 Å². The molecule has 2 fully saturated rings. The van der Waals surface area contributed by atoms with E-state index in [9.17, 15) is 4.79 Å². The first kappa shape index (κ1) is 18.7. The van der Waals surface area contributed by atoms with E-state index in [0.29, 0.717) is 18.1 Å². The predicted molar refractivity (Wildman–Crippen MR) is 105 cm³/mol. The Morgan fingerprint density at radius 3 is 2.71 bits per heavy atom. The summed E-state index contributed by atoms with van der Waals surface area (Å²) in [6.45, 7) is 3.76. The van der Waals surface area contributed by atoms with Gasteiger partial charge in [-0.25, -0.2) is 9.97 Å². The first-order chi connectivity index (χ1) is 13.7. The van der Waals surface area contributed by atoms with Crippen molar-refractivity contribution in [1.29, 1.82) is 0 Å². The van der Waals surface area contributed by atoms with E-state index in [1.807, 2.05) is 29.2 Å². The van der Waals surface area contributed by atoms with Gasteiger partial charge in [0, 0.05) is 50.8 Å². The van der Waals surface area contributed by atoms with Crippen LogP contribution in [0.1, 0.15) is 35.2 Å². The molecule has 0 bridgehead atoms. The molecular formula is C21H26N4O3. The van der Waals surface area contributed by atoms with Gasteiger partial charge in [0.2, 0.25) is 5.95 Å². The van der Waals surface area contributed by atoms with Gasteiger partial charge in [-0.3, -0.25) is 4.79 Å². The highest BCUT2D eigenvalue weighted by Gasteiger charge is 2.41. The van der Waals surface area contributed by atoms with Crippen LogP contribution in [0, 0.1) is 5.41 Å². The summed E-state index contributed by atoms with van der Waals surface area (Å²) in [5.41, 5.74) is 1.80. The van der Waals surface area contributed by atoms with Gasteiger partial charge < -0.3 is 19.7 Å². The Balaban J connectivity index is 1.36. The van der Waals surface area contributed by atoms with Crippen molar-refractivity contribution in [1.82, 2.24) is 14.9 Å². The Morgan fingerprint density at radius 2 is 1.96 bits per heavy atom. The first-order valence-corrected chi connectivity index (χ1v) is 9.74. The largest absolute Gasteiger partial charge is 0.496 e. The van der Waals surface area contributed by atoms with Crippen molar-refractivity contribution < 1.29 is 14.3 Å². The van der Waals surface area contributed by atoms with E-state index < -0.39 is 0 Å². The highest BCUT2D eigenvalue weighted by molar-refractivity contribution is 5.94. The average Bonchev–Trinajstić information content (AvgIpc) is 3.16. The Kier molecular flexibility index (Phi) is 5.43. The maximum atomic E-state index is 12.8. The van der Waals surface area contributed by atoms with Gasteiger partial charge in [-0.05, 0) is 30.7 Å². The zero-order valence-electron chi connectivity index (χ0n) is 16.2. The van der Waals surface area contributed by atoms with E-state index in [-0.39, 0.29) is 11.3 Å². The predicted octanol–water partition coefficient (Wildman–Crippen LogP) is 2.74. The summed E-state index contributed by atoms with van der Waals surface area (Å²) in [5, 5.41) is 3.18. The minimum Gasteiger partial charge on any atom is -0.496 e. The highest BCUT2D eigenvalue weighted by Crippen LogP contribution is 2.40. The molecule has 1 aromatic heterocycles. The molecule has 1 amide bonds. The zero-order chi connectivity index (χ0) is 19.4. The van der Waals surface area contributed by atoms with Crippen molar-refractivity contribution in [3.05, 3.63) is 47.8 Å². The third-order valence-electron chi connectivity index (χ3n) is 5.81. The maximum absolute atomic E-state index is 12.8. The highest BCUT2D eigenvalue weighted by atomic mass is 16.5. The van der Waals surface area contributed by atoms with Crippen molar-refractivity contribution in [2.45, 2.75) is 25.8 Å². The number of nitrogens with one attached hydrogen (secondary N) is 1. The number of rotatable bonds is 5. The molecule has 1 aromatic carbocycles. The van der Waals surface area contributed by atoms with Crippen molar-refractivity contribution in [3.8, 4) is 5.75 Å². The lowest BCUT2D eigenvalue weighted by atomic mass is 9.80. The number of amides is 1. The molecule has 1 spiro atoms. The van der Waals surface area contributed by atoms with Gasteiger partial charge in [-0.2, -0.15) is 0 Å². The van der Waals surface area contributed by atoms with Crippen LogP contribution in [0.2, 0.25) is 0 Å². The summed E-state index contributed by atoms with van der Waals surface area (Å²) in [6.07, 6.45) is 6.35. The monoisotopic (exact) mass is 382 g/mol. The molecule has 0 radical (unpaired) electrons. The van der Waals surface area contributed by atoms with Crippen LogP contribution < -0.4 is 10.1 Å². The summed E-state index contributed by atoms with van der Waals surface area (Å²) in [7, 11) is 1.65. The Hall–Kier alpha value is -2.67. The number of para-hydroxylation sites is 1. The number of carbonyl (C=O) groups excluding carboxylic acids is 1. The summed E-state index contributed by atoms with van der Waals surface area (Å²) in [5.74, 6) is 1.32. The summed E-state index contributed by atoms with van der Waals surface area (Å²) < 4.78 is 10.8. The lowest BCUT2D eigenvalue weighted by Crippen LogP contribution is -2.35. The number of likely N-dealkylation sites (tertiary alicyclic amines) is 1. The number of hydrogen-bond acceptors (Lipinski definition) is 6. The fourth-order valence-corrected chi connectivity index (χ4v) is 4.06. The van der Waals surface area contributed by atoms with Crippen molar-refractivity contribution in [2.24, 2.45) is 5.41 Å². The lowest BCUT2D eigenvalue weighted by Gasteiger charge is -2.33. The molecule has 2 aliphatic rings. The minimum atomic E-state index is 0.0136. The maximum Gasteiger partial charge on any atom is 0.257 e. The Labute approximate surface area is 165 Å². The Bertz CT molecular complexity index is 819. The van der Waals surface area contributed by atoms with E-state index in [0.717, 1.165) is 56.9 Å². The molecule has 0 unspecified atom stereocenters. The molecule has 7 heteroatoms. The van der Waals surface area contributed by atoms with Gasteiger partial charge in [0.15, 0.2) is 0 Å². The van der Waals surface area contributed by atoms with Gasteiger partial charge in [0.1, 0.15) is 5.75 Å². The minimum absolute atomic E-state index is 0.0136. The molecule has 148 valence electrons. The van der Waals surface area contributed by atoms with Gasteiger partial charge in [-0.1, -0.05) is 18.2 Å². The zero-order valence-corrected chi connectivity index (χ0v) is 16.2. The van der Waals surface area contributed by atoms with Crippen molar-refractivity contribution >= 4 is 11.9 Å². The molecular weight excluding hydrogens is 356 g/mol. The second kappa shape index (κ2) is 8.14. The van der Waals surface area contributed by atoms with E-state index >= 15 is 0 Å². The fraction of sp³-hybridized carbons (Fsp3) is 0.476. The summed E-state index contributed by atoms with van der Waals surface area (Å²) in [6, 6.07) is 7.80. The third-order valence-corrected chi connectivity index (χ3v) is 5.81. The molecule has 0 aliphatic carbocycles. The van der Waals surface area contributed by atoms with Crippen LogP contribution in [-0.2, 0) is 11.3 Å². The smallest absolute Gasteiger partial charge is 0.257 e. The fourth-order valence-electron chi connectivity index (χ4n) is 4.06. The van der Waals surface area contributed by atoms with Crippen LogP contribution in [-0.4, -0.2) is 54.2 Å². The number of aromatic nitrogens is 2. The molecule has 0 saturated carbocycles. The van der Waals surface area contributed by atoms with Crippen LogP contribution in [0.15, 0.2) is 36.7 Å². The Morgan fingerprint density at radius 1 is 1.21 bits per heavy atom. The molecule has 28 heavy (non-hydrogen) atoms. The van der Waals surface area contributed by atoms with E-state index in [1.165, 1.54) is 0 Å². The number of nitrogens with zero attached hydrogens (tertiary/aromatic N) is 3. The average molecular weight is 382 g/mol. The van der Waals surface area contributed by atoms with Crippen LogP contribution >= 0.6 is 0 Å². The van der Waals surface area contributed by atoms with Gasteiger partial charge in [0.05, 0.1) is 12.7 Å². The third kappa shape index (κ3) is 3.94. The molecule has 1 N–H and O–H groups in total. The molecule has 2 aromatic rings. The van der Waals surface area contributed by atoms with E-state index in [4.69, 9.17) is 9.47 Å². The number of hydrogen-bond donors (Lipinski definition) is 1. The number of carbonyl (C=O) groups is 1. The molecule has 7 nitrogen and oxygen atoms in total. The molecule has 0 atom stereocenters. The quantitative estimate of drug-likeness (QED) is 0.857. The standard InChI is InChI=1S/C21H26N4O3/c1-27-18-5-3-2-4-16(18)12-22-20-23-13-17(14-24-20)19(26)25-9-6-21(15-25)7-10-28-11-8-21/h2-5,13-14H,6-12,15H2,1H3,(H,22,23,24). The summed E-state index contributed by atoms with van der Waals surface area (Å²) in [4.78, 5) is 23.4. The molecule has 2 saturated heterocycles. The van der Waals surface area contributed by atoms with Crippen LogP contribution in [0.4, 0.5) is 5.95 Å². The molecule has 4 rings (SSSR count). The van der Waals surface area contributed by atoms with E-state index in [2.05, 4.69) is 15.3 Å². The van der Waals surface area contributed by atoms with Gasteiger partial charge >= 0.3 is 0 Å². The number of anilines is 1. The normalized spacial score (nSPS) is 18.2. The number of benzene rings is 1. The number of methoxy groups -OCH3 is 1. The SMILES string of the molecule is COc1ccccc1CNc1ncc(C(=O)N2CCC3(CCOCC3)C2)cn1. The van der Waals surface area contributed by atoms with Crippen LogP contribution in [0.3, 0.4) is 0 Å². The number of ether oxygens (including phenoxy) is 2. The topological polar surface area (TPSA) is 76.6 Å². The van der Waals surface area contributed by atoms with E-state index in [1.54, 1.807) is 19.5 Å². The van der Waals surface area contributed by atoms with Gasteiger partial charge in [0.25, 0.3) is 5.91 Å².